The quantitative estimate of drug-likeness (QED) is 0.828. The van der Waals surface area contributed by atoms with Gasteiger partial charge in [-0.15, -0.1) is 0 Å². The molecule has 1 unspecified atom stereocenters. The number of anilines is 2. The molecule has 1 saturated carbocycles. The Balaban J connectivity index is 1.94. The number of halogens is 1. The van der Waals surface area contributed by atoms with Gasteiger partial charge in [0.15, 0.2) is 0 Å². The summed E-state index contributed by atoms with van der Waals surface area (Å²) in [6.07, 6.45) is 8.15. The van der Waals surface area contributed by atoms with E-state index in [1.54, 1.807) is 0 Å². The molecule has 1 saturated heterocycles. The Morgan fingerprint density at radius 1 is 1.40 bits per heavy atom. The van der Waals surface area contributed by atoms with Crippen molar-refractivity contribution in [2.24, 2.45) is 5.92 Å². The molecule has 3 heteroatoms. The van der Waals surface area contributed by atoms with Gasteiger partial charge in [-0.25, -0.2) is 0 Å². The topological polar surface area (TPSA) is 15.3 Å². The third kappa shape index (κ3) is 2.50. The summed E-state index contributed by atoms with van der Waals surface area (Å²) < 4.78 is 0. The smallest absolute Gasteiger partial charge is 0.0607 e. The fourth-order valence-electron chi connectivity index (χ4n) is 3.84. The fourth-order valence-corrected chi connectivity index (χ4v) is 4.01. The highest BCUT2D eigenvalue weighted by molar-refractivity contribution is 6.31. The second-order valence-corrected chi connectivity index (χ2v) is 6.83. The monoisotopic (exact) mass is 292 g/mol. The zero-order valence-electron chi connectivity index (χ0n) is 12.6. The Bertz CT molecular complexity index is 484. The number of hydrogen-bond acceptors (Lipinski definition) is 2. The van der Waals surface area contributed by atoms with Crippen molar-refractivity contribution in [2.75, 3.05) is 23.8 Å². The highest BCUT2D eigenvalue weighted by atomic mass is 35.5. The summed E-state index contributed by atoms with van der Waals surface area (Å²) in [7, 11) is 1.99. The predicted molar refractivity (Wildman–Crippen MR) is 87.9 cm³/mol. The minimum atomic E-state index is 0.376. The summed E-state index contributed by atoms with van der Waals surface area (Å²) in [6, 6.07) is 6.26. The molecule has 20 heavy (non-hydrogen) atoms. The number of benzene rings is 1. The lowest BCUT2D eigenvalue weighted by Gasteiger charge is -2.41. The molecule has 1 aromatic carbocycles. The van der Waals surface area contributed by atoms with Gasteiger partial charge in [0.1, 0.15) is 0 Å². The highest BCUT2D eigenvalue weighted by Crippen LogP contribution is 2.48. The maximum absolute atomic E-state index is 6.14. The van der Waals surface area contributed by atoms with Crippen molar-refractivity contribution >= 4 is 23.0 Å². The van der Waals surface area contributed by atoms with E-state index in [1.165, 1.54) is 50.8 Å². The lowest BCUT2D eigenvalue weighted by atomic mass is 9.86. The van der Waals surface area contributed by atoms with Gasteiger partial charge in [0, 0.05) is 24.2 Å². The third-order valence-corrected chi connectivity index (χ3v) is 5.37. The van der Waals surface area contributed by atoms with Crippen LogP contribution in [-0.4, -0.2) is 19.1 Å². The first kappa shape index (κ1) is 14.1. The molecule has 1 N–H and O–H groups in total. The van der Waals surface area contributed by atoms with Gasteiger partial charge in [-0.2, -0.15) is 0 Å². The molecule has 1 aliphatic carbocycles. The van der Waals surface area contributed by atoms with Crippen LogP contribution in [0.5, 0.6) is 0 Å². The first-order valence-corrected chi connectivity index (χ1v) is 8.31. The average Bonchev–Trinajstić information content (AvgIpc) is 3.17. The van der Waals surface area contributed by atoms with Gasteiger partial charge in [0.25, 0.3) is 0 Å². The standard InChI is InChI=1S/C17H25ClN2/c1-3-17(12-13-5-6-13)9-4-10-20(17)16-8-7-14(18)11-15(16)19-2/h7-8,11,13,19H,3-6,9-10,12H2,1-2H3. The maximum Gasteiger partial charge on any atom is 0.0607 e. The van der Waals surface area contributed by atoms with Gasteiger partial charge < -0.3 is 10.2 Å². The number of rotatable bonds is 5. The minimum absolute atomic E-state index is 0.376. The molecule has 2 nitrogen and oxygen atoms in total. The van der Waals surface area contributed by atoms with E-state index >= 15 is 0 Å². The lowest BCUT2D eigenvalue weighted by Crippen LogP contribution is -2.44. The van der Waals surface area contributed by atoms with Gasteiger partial charge >= 0.3 is 0 Å². The van der Waals surface area contributed by atoms with E-state index in [-0.39, 0.29) is 0 Å². The Morgan fingerprint density at radius 3 is 2.85 bits per heavy atom. The largest absolute Gasteiger partial charge is 0.386 e. The molecule has 0 bridgehead atoms. The number of nitrogens with zero attached hydrogens (tertiary/aromatic N) is 1. The Hall–Kier alpha value is -0.890. The molecule has 2 aliphatic rings. The molecule has 1 heterocycles. The van der Waals surface area contributed by atoms with Crippen LogP contribution in [0.2, 0.25) is 5.02 Å². The van der Waals surface area contributed by atoms with E-state index in [2.05, 4.69) is 23.2 Å². The number of hydrogen-bond donors (Lipinski definition) is 1. The second-order valence-electron chi connectivity index (χ2n) is 6.39. The zero-order chi connectivity index (χ0) is 14.2. The van der Waals surface area contributed by atoms with Crippen molar-refractivity contribution in [3.8, 4) is 0 Å². The van der Waals surface area contributed by atoms with Gasteiger partial charge in [0.2, 0.25) is 0 Å². The van der Waals surface area contributed by atoms with Crippen LogP contribution in [0.1, 0.15) is 45.4 Å². The molecule has 0 aromatic heterocycles. The third-order valence-electron chi connectivity index (χ3n) is 5.14. The summed E-state index contributed by atoms with van der Waals surface area (Å²) in [5, 5.41) is 4.13. The molecule has 110 valence electrons. The van der Waals surface area contributed by atoms with E-state index < -0.39 is 0 Å². The molecule has 0 amide bonds. The van der Waals surface area contributed by atoms with E-state index in [4.69, 9.17) is 11.6 Å². The molecule has 3 rings (SSSR count). The first-order chi connectivity index (χ1) is 9.68. The van der Waals surface area contributed by atoms with Gasteiger partial charge in [-0.3, -0.25) is 0 Å². The maximum atomic E-state index is 6.14. The first-order valence-electron chi connectivity index (χ1n) is 7.93. The molecule has 1 atom stereocenters. The molecule has 1 aliphatic heterocycles. The van der Waals surface area contributed by atoms with Crippen LogP contribution in [-0.2, 0) is 0 Å². The minimum Gasteiger partial charge on any atom is -0.386 e. The van der Waals surface area contributed by atoms with Crippen molar-refractivity contribution in [3.05, 3.63) is 23.2 Å². The van der Waals surface area contributed by atoms with Crippen molar-refractivity contribution < 1.29 is 0 Å². The molecular formula is C17H25ClN2. The summed E-state index contributed by atoms with van der Waals surface area (Å²) in [5.41, 5.74) is 2.87. The number of nitrogens with one attached hydrogen (secondary N) is 1. The molecular weight excluding hydrogens is 268 g/mol. The van der Waals surface area contributed by atoms with E-state index in [1.807, 2.05) is 19.2 Å². The second kappa shape index (κ2) is 5.48. The predicted octanol–water partition coefficient (Wildman–Crippen LogP) is 4.93. The Kier molecular flexibility index (Phi) is 3.85. The summed E-state index contributed by atoms with van der Waals surface area (Å²) in [6.45, 7) is 3.53. The van der Waals surface area contributed by atoms with E-state index in [0.717, 1.165) is 16.6 Å². The molecule has 0 radical (unpaired) electrons. The highest BCUT2D eigenvalue weighted by Gasteiger charge is 2.43. The fraction of sp³-hybridized carbons (Fsp3) is 0.647. The van der Waals surface area contributed by atoms with Crippen LogP contribution in [0.4, 0.5) is 11.4 Å². The van der Waals surface area contributed by atoms with Gasteiger partial charge in [-0.05, 0) is 49.8 Å². The van der Waals surface area contributed by atoms with Crippen LogP contribution in [0.3, 0.4) is 0 Å². The van der Waals surface area contributed by atoms with Crippen molar-refractivity contribution in [3.63, 3.8) is 0 Å². The van der Waals surface area contributed by atoms with E-state index in [0.29, 0.717) is 5.54 Å². The van der Waals surface area contributed by atoms with Crippen molar-refractivity contribution in [1.82, 2.24) is 0 Å². The summed E-state index contributed by atoms with van der Waals surface area (Å²) in [4.78, 5) is 2.66. The lowest BCUT2D eigenvalue weighted by molar-refractivity contribution is 0.360. The van der Waals surface area contributed by atoms with Crippen LogP contribution in [0.25, 0.3) is 0 Å². The Morgan fingerprint density at radius 2 is 2.20 bits per heavy atom. The van der Waals surface area contributed by atoms with Crippen molar-refractivity contribution in [2.45, 2.75) is 51.0 Å². The average molecular weight is 293 g/mol. The van der Waals surface area contributed by atoms with Crippen LogP contribution in [0, 0.1) is 5.92 Å². The van der Waals surface area contributed by atoms with E-state index in [9.17, 15) is 0 Å². The van der Waals surface area contributed by atoms with Crippen LogP contribution in [0.15, 0.2) is 18.2 Å². The normalized spacial score (nSPS) is 26.1. The summed E-state index contributed by atoms with van der Waals surface area (Å²) >= 11 is 6.14. The van der Waals surface area contributed by atoms with Crippen LogP contribution >= 0.6 is 11.6 Å². The molecule has 2 fully saturated rings. The van der Waals surface area contributed by atoms with Gasteiger partial charge in [-0.1, -0.05) is 31.4 Å². The molecule has 1 aromatic rings. The van der Waals surface area contributed by atoms with Crippen LogP contribution < -0.4 is 10.2 Å². The zero-order valence-corrected chi connectivity index (χ0v) is 13.3. The van der Waals surface area contributed by atoms with Gasteiger partial charge in [0.05, 0.1) is 11.4 Å². The summed E-state index contributed by atoms with van der Waals surface area (Å²) in [5.74, 6) is 0.973. The molecule has 0 spiro atoms. The SMILES string of the molecule is CCC1(CC2CC2)CCCN1c1ccc(Cl)cc1NC. The Labute approximate surface area is 127 Å². The van der Waals surface area contributed by atoms with Crippen molar-refractivity contribution in [1.29, 1.82) is 0 Å².